The minimum atomic E-state index is -0.331. The number of nitrogens with one attached hydrogen (secondary N) is 1. The molecular weight excluding hydrogens is 395 g/mol. The van der Waals surface area contributed by atoms with Crippen molar-refractivity contribution in [2.75, 3.05) is 18.4 Å². The number of amides is 1. The fraction of sp³-hybridized carbons (Fsp3) is 0.286. The largest absolute Gasteiger partial charge is 0.338 e. The third kappa shape index (κ3) is 4.81. The van der Waals surface area contributed by atoms with Gasteiger partial charge in [0.05, 0.1) is 17.5 Å². The fourth-order valence-corrected chi connectivity index (χ4v) is 3.67. The van der Waals surface area contributed by atoms with Gasteiger partial charge >= 0.3 is 0 Å². The Kier molecular flexibility index (Phi) is 5.87. The van der Waals surface area contributed by atoms with E-state index in [0.717, 1.165) is 24.9 Å². The molecule has 6 nitrogen and oxygen atoms in total. The summed E-state index contributed by atoms with van der Waals surface area (Å²) >= 11 is 6.19. The number of halogens is 2. The minimum absolute atomic E-state index is 0.0661. The van der Waals surface area contributed by atoms with Gasteiger partial charge in [-0.2, -0.15) is 4.98 Å². The molecule has 0 spiro atoms. The lowest BCUT2D eigenvalue weighted by molar-refractivity contribution is -0.121. The third-order valence-electron chi connectivity index (χ3n) is 4.93. The van der Waals surface area contributed by atoms with Crippen molar-refractivity contribution in [3.63, 3.8) is 0 Å². The summed E-state index contributed by atoms with van der Waals surface area (Å²) in [4.78, 5) is 19.1. The van der Waals surface area contributed by atoms with Crippen molar-refractivity contribution in [2.45, 2.75) is 19.4 Å². The van der Waals surface area contributed by atoms with Gasteiger partial charge in [0.15, 0.2) is 0 Å². The predicted molar refractivity (Wildman–Crippen MR) is 108 cm³/mol. The van der Waals surface area contributed by atoms with Crippen LogP contribution < -0.4 is 5.32 Å². The Hall–Kier alpha value is -2.77. The zero-order valence-corrected chi connectivity index (χ0v) is 16.4. The van der Waals surface area contributed by atoms with Crippen LogP contribution in [-0.2, 0) is 11.3 Å². The van der Waals surface area contributed by atoms with Crippen LogP contribution in [0, 0.1) is 11.7 Å². The van der Waals surface area contributed by atoms with Crippen molar-refractivity contribution in [3.05, 3.63) is 65.3 Å². The van der Waals surface area contributed by atoms with Crippen LogP contribution in [0.2, 0.25) is 5.02 Å². The molecule has 0 saturated carbocycles. The normalized spacial score (nSPS) is 17.2. The van der Waals surface area contributed by atoms with E-state index in [4.69, 9.17) is 16.1 Å². The van der Waals surface area contributed by atoms with E-state index < -0.39 is 0 Å². The first-order chi connectivity index (χ1) is 14.1. The predicted octanol–water partition coefficient (Wildman–Crippen LogP) is 4.38. The Balaban J connectivity index is 1.37. The van der Waals surface area contributed by atoms with E-state index in [1.807, 2.05) is 18.2 Å². The number of nitrogens with zero attached hydrogens (tertiary/aromatic N) is 3. The van der Waals surface area contributed by atoms with E-state index in [0.29, 0.717) is 35.5 Å². The second kappa shape index (κ2) is 8.71. The molecule has 2 aromatic carbocycles. The molecule has 4 rings (SSSR count). The van der Waals surface area contributed by atoms with Crippen molar-refractivity contribution in [3.8, 4) is 11.4 Å². The molecule has 2 heterocycles. The van der Waals surface area contributed by atoms with Crippen LogP contribution in [0.1, 0.15) is 18.7 Å². The van der Waals surface area contributed by atoms with Crippen molar-refractivity contribution < 1.29 is 13.7 Å². The molecule has 1 atom stereocenters. The number of rotatable bonds is 5. The number of carbonyl (C=O) groups excluding carboxylic acids is 1. The standard InChI is InChI=1S/C21H20ClFN4O2/c22-18-6-2-1-5-17(18)20-25-19(29-26-20)13-27-11-3-4-14(12-27)21(28)24-16-9-7-15(23)8-10-16/h1-2,5-10,14H,3-4,11-13H2,(H,24,28). The molecule has 29 heavy (non-hydrogen) atoms. The number of piperidine rings is 1. The van der Waals surface area contributed by atoms with Crippen LogP contribution in [0.15, 0.2) is 53.1 Å². The van der Waals surface area contributed by atoms with Crippen LogP contribution in [-0.4, -0.2) is 34.0 Å². The van der Waals surface area contributed by atoms with Gasteiger partial charge in [-0.1, -0.05) is 28.9 Å². The third-order valence-corrected chi connectivity index (χ3v) is 5.26. The maximum atomic E-state index is 13.0. The topological polar surface area (TPSA) is 71.3 Å². The van der Waals surface area contributed by atoms with Gasteiger partial charge in [-0.15, -0.1) is 0 Å². The van der Waals surface area contributed by atoms with Crippen molar-refractivity contribution in [2.24, 2.45) is 5.92 Å². The summed E-state index contributed by atoms with van der Waals surface area (Å²) in [6.45, 7) is 1.92. The molecule has 1 saturated heterocycles. The second-order valence-electron chi connectivity index (χ2n) is 7.06. The maximum Gasteiger partial charge on any atom is 0.241 e. The van der Waals surface area contributed by atoms with Gasteiger partial charge in [0, 0.05) is 17.8 Å². The number of hydrogen-bond acceptors (Lipinski definition) is 5. The molecule has 1 aliphatic rings. The summed E-state index contributed by atoms with van der Waals surface area (Å²) in [5, 5.41) is 7.44. The van der Waals surface area contributed by atoms with Crippen LogP contribution >= 0.6 is 11.6 Å². The number of carbonyl (C=O) groups is 1. The first-order valence-electron chi connectivity index (χ1n) is 9.45. The molecule has 1 amide bonds. The van der Waals surface area contributed by atoms with Gasteiger partial charge in [-0.3, -0.25) is 9.69 Å². The van der Waals surface area contributed by atoms with Gasteiger partial charge in [0.2, 0.25) is 17.6 Å². The Morgan fingerprint density at radius 3 is 2.83 bits per heavy atom. The summed E-state index contributed by atoms with van der Waals surface area (Å²) in [6, 6.07) is 13.1. The average Bonchev–Trinajstić information content (AvgIpc) is 3.18. The molecule has 1 N–H and O–H groups in total. The number of hydrogen-bond donors (Lipinski definition) is 1. The maximum absolute atomic E-state index is 13.0. The van der Waals surface area contributed by atoms with E-state index in [1.54, 1.807) is 18.2 Å². The summed E-state index contributed by atoms with van der Waals surface area (Å²) in [7, 11) is 0. The van der Waals surface area contributed by atoms with Gasteiger partial charge in [0.25, 0.3) is 0 Å². The Bertz CT molecular complexity index is 992. The van der Waals surface area contributed by atoms with Crippen molar-refractivity contribution in [1.29, 1.82) is 0 Å². The van der Waals surface area contributed by atoms with E-state index in [9.17, 15) is 9.18 Å². The van der Waals surface area contributed by atoms with Gasteiger partial charge in [0.1, 0.15) is 5.82 Å². The van der Waals surface area contributed by atoms with Gasteiger partial charge < -0.3 is 9.84 Å². The molecule has 0 bridgehead atoms. The SMILES string of the molecule is O=C(Nc1ccc(F)cc1)C1CCCN(Cc2nc(-c3ccccc3Cl)no2)C1. The number of likely N-dealkylation sites (tertiary alicyclic amines) is 1. The van der Waals surface area contributed by atoms with E-state index in [1.165, 1.54) is 12.1 Å². The highest BCUT2D eigenvalue weighted by Gasteiger charge is 2.27. The lowest BCUT2D eigenvalue weighted by atomic mass is 9.97. The van der Waals surface area contributed by atoms with Crippen LogP contribution in [0.25, 0.3) is 11.4 Å². The highest BCUT2D eigenvalue weighted by molar-refractivity contribution is 6.33. The fourth-order valence-electron chi connectivity index (χ4n) is 3.45. The zero-order valence-electron chi connectivity index (χ0n) is 15.6. The Labute approximate surface area is 172 Å². The second-order valence-corrected chi connectivity index (χ2v) is 7.47. The quantitative estimate of drug-likeness (QED) is 0.670. The Morgan fingerprint density at radius 2 is 2.03 bits per heavy atom. The van der Waals surface area contributed by atoms with Crippen LogP contribution in [0.3, 0.4) is 0 Å². The molecule has 1 aliphatic heterocycles. The molecule has 150 valence electrons. The molecule has 3 aromatic rings. The zero-order chi connectivity index (χ0) is 20.2. The number of benzene rings is 2. The summed E-state index contributed by atoms with van der Waals surface area (Å²) in [5.41, 5.74) is 1.31. The first kappa shape index (κ1) is 19.5. The van der Waals surface area contributed by atoms with E-state index in [2.05, 4.69) is 20.4 Å². The van der Waals surface area contributed by atoms with Crippen molar-refractivity contribution >= 4 is 23.2 Å². The summed E-state index contributed by atoms with van der Waals surface area (Å²) in [5.74, 6) is 0.388. The molecule has 0 radical (unpaired) electrons. The highest BCUT2D eigenvalue weighted by atomic mass is 35.5. The van der Waals surface area contributed by atoms with E-state index in [-0.39, 0.29) is 17.6 Å². The van der Waals surface area contributed by atoms with E-state index >= 15 is 0 Å². The monoisotopic (exact) mass is 414 g/mol. The summed E-state index contributed by atoms with van der Waals surface area (Å²) in [6.07, 6.45) is 1.70. The van der Waals surface area contributed by atoms with Crippen LogP contribution in [0.5, 0.6) is 0 Å². The first-order valence-corrected chi connectivity index (χ1v) is 9.82. The molecule has 1 fully saturated rings. The van der Waals surface area contributed by atoms with Gasteiger partial charge in [-0.25, -0.2) is 4.39 Å². The molecular formula is C21H20ClFN4O2. The molecule has 1 aromatic heterocycles. The van der Waals surface area contributed by atoms with Crippen LogP contribution in [0.4, 0.5) is 10.1 Å². The number of anilines is 1. The molecule has 8 heteroatoms. The minimum Gasteiger partial charge on any atom is -0.338 e. The Morgan fingerprint density at radius 1 is 1.24 bits per heavy atom. The lowest BCUT2D eigenvalue weighted by Crippen LogP contribution is -2.40. The average molecular weight is 415 g/mol. The smallest absolute Gasteiger partial charge is 0.241 e. The lowest BCUT2D eigenvalue weighted by Gasteiger charge is -2.30. The van der Waals surface area contributed by atoms with Crippen molar-refractivity contribution in [1.82, 2.24) is 15.0 Å². The molecule has 0 aliphatic carbocycles. The highest BCUT2D eigenvalue weighted by Crippen LogP contribution is 2.26. The number of aromatic nitrogens is 2. The van der Waals surface area contributed by atoms with Gasteiger partial charge in [-0.05, 0) is 55.8 Å². The summed E-state index contributed by atoms with van der Waals surface area (Å²) < 4.78 is 18.4. The molecule has 1 unspecified atom stereocenters.